The second-order valence-electron chi connectivity index (χ2n) is 7.47. The Balaban J connectivity index is 1.34. The second kappa shape index (κ2) is 9.37. The first-order valence-corrected chi connectivity index (χ1v) is 10.7. The fraction of sp³-hybridized carbons (Fsp3) is 0.476. The Labute approximate surface area is 177 Å². The number of hydrogen-bond donors (Lipinski definition) is 2. The topological polar surface area (TPSA) is 65.5 Å². The van der Waals surface area contributed by atoms with Crippen LogP contribution in [0.1, 0.15) is 18.5 Å². The number of aryl methyl sites for hydroxylation is 1. The minimum Gasteiger partial charge on any atom is -0.376 e. The number of para-hydroxylation sites is 1. The van der Waals surface area contributed by atoms with Gasteiger partial charge in [0, 0.05) is 56.8 Å². The van der Waals surface area contributed by atoms with E-state index in [0.29, 0.717) is 17.6 Å². The third-order valence-electron chi connectivity index (χ3n) is 5.31. The summed E-state index contributed by atoms with van der Waals surface area (Å²) in [4.78, 5) is 13.9. The van der Waals surface area contributed by atoms with Gasteiger partial charge in [-0.3, -0.25) is 0 Å². The predicted molar refractivity (Wildman–Crippen MR) is 121 cm³/mol. The van der Waals surface area contributed by atoms with Crippen LogP contribution < -0.4 is 20.4 Å². The molecular formula is C21H28N6OS. The Kier molecular flexibility index (Phi) is 6.41. The van der Waals surface area contributed by atoms with Gasteiger partial charge in [0.2, 0.25) is 5.95 Å². The van der Waals surface area contributed by atoms with E-state index in [1.165, 1.54) is 5.69 Å². The number of nitrogens with zero attached hydrogens (tertiary/aromatic N) is 4. The van der Waals surface area contributed by atoms with Gasteiger partial charge in [-0.15, -0.1) is 0 Å². The Bertz CT molecular complexity index is 819. The fourth-order valence-corrected chi connectivity index (χ4v) is 3.93. The smallest absolute Gasteiger partial charge is 0.231 e. The summed E-state index contributed by atoms with van der Waals surface area (Å²) < 4.78 is 5.62. The molecule has 0 radical (unpaired) electrons. The molecule has 0 saturated carbocycles. The SMILES string of the molecule is Cc1cc(N2CCN(c3ccccc3)CC2)nc(NC(=S)NC[C@H]2CCCO2)n1. The number of hydrogen-bond acceptors (Lipinski definition) is 6. The zero-order valence-electron chi connectivity index (χ0n) is 16.8. The number of rotatable bonds is 5. The first-order chi connectivity index (χ1) is 14.2. The summed E-state index contributed by atoms with van der Waals surface area (Å²) in [6.45, 7) is 7.33. The van der Waals surface area contributed by atoms with Crippen molar-refractivity contribution in [1.82, 2.24) is 15.3 Å². The molecule has 0 unspecified atom stereocenters. The molecule has 1 atom stereocenters. The van der Waals surface area contributed by atoms with E-state index in [-0.39, 0.29) is 6.10 Å². The van der Waals surface area contributed by atoms with Gasteiger partial charge < -0.3 is 25.2 Å². The van der Waals surface area contributed by atoms with Crippen molar-refractivity contribution in [2.24, 2.45) is 0 Å². The minimum atomic E-state index is 0.240. The van der Waals surface area contributed by atoms with Crippen LogP contribution in [-0.4, -0.2) is 60.5 Å². The van der Waals surface area contributed by atoms with E-state index >= 15 is 0 Å². The number of nitrogens with one attached hydrogen (secondary N) is 2. The maximum Gasteiger partial charge on any atom is 0.231 e. The largest absolute Gasteiger partial charge is 0.376 e. The summed E-state index contributed by atoms with van der Waals surface area (Å²) in [6, 6.07) is 12.6. The van der Waals surface area contributed by atoms with Crippen molar-refractivity contribution in [2.45, 2.75) is 25.9 Å². The van der Waals surface area contributed by atoms with Gasteiger partial charge in [-0.05, 0) is 44.1 Å². The van der Waals surface area contributed by atoms with Crippen molar-refractivity contribution in [2.75, 3.05) is 54.4 Å². The maximum atomic E-state index is 5.62. The summed E-state index contributed by atoms with van der Waals surface area (Å²) in [6.07, 6.45) is 2.44. The van der Waals surface area contributed by atoms with Crippen molar-refractivity contribution in [1.29, 1.82) is 0 Å². The number of thiocarbonyl (C=S) groups is 1. The Morgan fingerprint density at radius 1 is 1.14 bits per heavy atom. The molecular weight excluding hydrogens is 384 g/mol. The first-order valence-electron chi connectivity index (χ1n) is 10.2. The van der Waals surface area contributed by atoms with E-state index in [4.69, 9.17) is 21.9 Å². The highest BCUT2D eigenvalue weighted by Gasteiger charge is 2.20. The van der Waals surface area contributed by atoms with Crippen LogP contribution in [0.2, 0.25) is 0 Å². The molecule has 2 aliphatic heterocycles. The molecule has 154 valence electrons. The molecule has 0 aliphatic carbocycles. The highest BCUT2D eigenvalue weighted by atomic mass is 32.1. The highest BCUT2D eigenvalue weighted by molar-refractivity contribution is 7.80. The average Bonchev–Trinajstić information content (AvgIpc) is 3.26. The van der Waals surface area contributed by atoms with Crippen LogP contribution in [0, 0.1) is 6.92 Å². The molecule has 2 saturated heterocycles. The maximum absolute atomic E-state index is 5.62. The Hall–Kier alpha value is -2.45. The molecule has 8 heteroatoms. The molecule has 2 fully saturated rings. The van der Waals surface area contributed by atoms with Gasteiger partial charge >= 0.3 is 0 Å². The zero-order valence-corrected chi connectivity index (χ0v) is 17.6. The fourth-order valence-electron chi connectivity index (χ4n) is 3.76. The monoisotopic (exact) mass is 412 g/mol. The lowest BCUT2D eigenvalue weighted by atomic mass is 10.2. The van der Waals surface area contributed by atoms with Crippen LogP contribution in [-0.2, 0) is 4.74 Å². The lowest BCUT2D eigenvalue weighted by Crippen LogP contribution is -2.47. The zero-order chi connectivity index (χ0) is 20.1. The molecule has 4 rings (SSSR count). The molecule has 0 amide bonds. The number of ether oxygens (including phenoxy) is 1. The Morgan fingerprint density at radius 2 is 1.90 bits per heavy atom. The van der Waals surface area contributed by atoms with E-state index in [0.717, 1.165) is 57.1 Å². The van der Waals surface area contributed by atoms with E-state index in [1.807, 2.05) is 13.0 Å². The van der Waals surface area contributed by atoms with Crippen LogP contribution in [0.25, 0.3) is 0 Å². The van der Waals surface area contributed by atoms with E-state index in [2.05, 4.69) is 55.7 Å². The third-order valence-corrected chi connectivity index (χ3v) is 5.55. The normalized spacial score (nSPS) is 19.3. The van der Waals surface area contributed by atoms with Crippen LogP contribution in [0.5, 0.6) is 0 Å². The van der Waals surface area contributed by atoms with Gasteiger partial charge in [-0.2, -0.15) is 4.98 Å². The Morgan fingerprint density at radius 3 is 2.62 bits per heavy atom. The highest BCUT2D eigenvalue weighted by Crippen LogP contribution is 2.20. The van der Waals surface area contributed by atoms with Gasteiger partial charge in [0.25, 0.3) is 0 Å². The van der Waals surface area contributed by atoms with Crippen molar-refractivity contribution in [3.05, 3.63) is 42.1 Å². The van der Waals surface area contributed by atoms with Crippen LogP contribution in [0.15, 0.2) is 36.4 Å². The third kappa shape index (κ3) is 5.33. The van der Waals surface area contributed by atoms with Gasteiger partial charge in [-0.1, -0.05) is 18.2 Å². The number of anilines is 3. The molecule has 1 aromatic heterocycles. The van der Waals surface area contributed by atoms with Gasteiger partial charge in [-0.25, -0.2) is 4.98 Å². The van der Waals surface area contributed by atoms with E-state index in [1.54, 1.807) is 0 Å². The van der Waals surface area contributed by atoms with Gasteiger partial charge in [0.1, 0.15) is 5.82 Å². The molecule has 0 bridgehead atoms. The van der Waals surface area contributed by atoms with E-state index < -0.39 is 0 Å². The van der Waals surface area contributed by atoms with Crippen molar-refractivity contribution in [3.63, 3.8) is 0 Å². The van der Waals surface area contributed by atoms with Crippen molar-refractivity contribution >= 4 is 34.8 Å². The van der Waals surface area contributed by atoms with E-state index in [9.17, 15) is 0 Å². The lowest BCUT2D eigenvalue weighted by molar-refractivity contribution is 0.114. The molecule has 2 aromatic rings. The van der Waals surface area contributed by atoms with Gasteiger partial charge in [0.05, 0.1) is 6.10 Å². The molecule has 0 spiro atoms. The van der Waals surface area contributed by atoms with Gasteiger partial charge in [0.15, 0.2) is 5.11 Å². The lowest BCUT2D eigenvalue weighted by Gasteiger charge is -2.36. The summed E-state index contributed by atoms with van der Waals surface area (Å²) in [5.74, 6) is 1.48. The number of benzene rings is 1. The summed E-state index contributed by atoms with van der Waals surface area (Å²) >= 11 is 5.41. The quantitative estimate of drug-likeness (QED) is 0.727. The molecule has 2 N–H and O–H groups in total. The minimum absolute atomic E-state index is 0.240. The predicted octanol–water partition coefficient (Wildman–Crippen LogP) is 2.58. The molecule has 7 nitrogen and oxygen atoms in total. The summed E-state index contributed by atoms with van der Waals surface area (Å²) in [5, 5.41) is 6.87. The second-order valence-corrected chi connectivity index (χ2v) is 7.88. The molecule has 1 aromatic carbocycles. The molecule has 2 aliphatic rings. The first kappa shape index (κ1) is 19.8. The standard InChI is InChI=1S/C21H28N6OS/c1-16-14-19(27-11-9-26(10-12-27)17-6-3-2-4-7-17)24-20(23-16)25-21(29)22-15-18-8-5-13-28-18/h2-4,6-7,14,18H,5,8-13,15H2,1H3,(H2,22,23,24,25,29)/t18-/m1/s1. The number of piperazine rings is 1. The average molecular weight is 413 g/mol. The molecule has 29 heavy (non-hydrogen) atoms. The number of aromatic nitrogens is 2. The summed E-state index contributed by atoms with van der Waals surface area (Å²) in [7, 11) is 0. The summed E-state index contributed by atoms with van der Waals surface area (Å²) in [5.41, 5.74) is 2.20. The van der Waals surface area contributed by atoms with Crippen molar-refractivity contribution in [3.8, 4) is 0 Å². The molecule has 3 heterocycles. The van der Waals surface area contributed by atoms with Crippen LogP contribution in [0.4, 0.5) is 17.5 Å². The van der Waals surface area contributed by atoms with Crippen molar-refractivity contribution < 1.29 is 4.74 Å². The van der Waals surface area contributed by atoms with Crippen LogP contribution >= 0.6 is 12.2 Å². The van der Waals surface area contributed by atoms with Crippen LogP contribution in [0.3, 0.4) is 0 Å².